The number of benzene rings is 2. The van der Waals surface area contributed by atoms with Gasteiger partial charge in [0, 0.05) is 10.7 Å². The van der Waals surface area contributed by atoms with Gasteiger partial charge in [-0.25, -0.2) is 4.79 Å². The number of carbonyl (C=O) groups excluding carboxylic acids is 2. The Bertz CT molecular complexity index is 754. The number of amides is 1. The Morgan fingerprint density at radius 3 is 2.22 bits per heavy atom. The molecule has 0 bridgehead atoms. The number of carbonyl (C=O) groups is 2. The summed E-state index contributed by atoms with van der Waals surface area (Å²) in [4.78, 5) is 24.7. The highest BCUT2D eigenvalue weighted by Crippen LogP contribution is 2.27. The molecule has 27 heavy (non-hydrogen) atoms. The number of nitrogens with one attached hydrogen (secondary N) is 1. The monoisotopic (exact) mass is 387 g/mol. The van der Waals surface area contributed by atoms with Gasteiger partial charge < -0.3 is 10.1 Å². The summed E-state index contributed by atoms with van der Waals surface area (Å²) in [6.07, 6.45) is 1.82. The van der Waals surface area contributed by atoms with Crippen LogP contribution in [-0.4, -0.2) is 18.5 Å². The van der Waals surface area contributed by atoms with E-state index >= 15 is 0 Å². The SMILES string of the molecule is CCCCOC(=O)c1ccc(NC(=O)[C@@H](c2ccc(Cl)cc2)C(C)C)cc1. The van der Waals surface area contributed by atoms with Crippen LogP contribution in [-0.2, 0) is 9.53 Å². The molecule has 5 heteroatoms. The summed E-state index contributed by atoms with van der Waals surface area (Å²) >= 11 is 5.95. The van der Waals surface area contributed by atoms with E-state index in [9.17, 15) is 9.59 Å². The van der Waals surface area contributed by atoms with Crippen molar-refractivity contribution in [2.24, 2.45) is 5.92 Å². The van der Waals surface area contributed by atoms with Crippen LogP contribution in [0.5, 0.6) is 0 Å². The third-order valence-corrected chi connectivity index (χ3v) is 4.55. The summed E-state index contributed by atoms with van der Waals surface area (Å²) in [7, 11) is 0. The number of unbranched alkanes of at least 4 members (excludes halogenated alkanes) is 1. The first kappa shape index (κ1) is 21.0. The van der Waals surface area contributed by atoms with Crippen LogP contribution in [0.25, 0.3) is 0 Å². The second-order valence-electron chi connectivity index (χ2n) is 6.83. The third-order valence-electron chi connectivity index (χ3n) is 4.30. The fourth-order valence-corrected chi connectivity index (χ4v) is 2.94. The highest BCUT2D eigenvalue weighted by atomic mass is 35.5. The van der Waals surface area contributed by atoms with Crippen LogP contribution >= 0.6 is 11.6 Å². The Kier molecular flexibility index (Phi) is 7.86. The van der Waals surface area contributed by atoms with Crippen LogP contribution in [0, 0.1) is 5.92 Å². The summed E-state index contributed by atoms with van der Waals surface area (Å²) in [6.45, 7) is 6.48. The van der Waals surface area contributed by atoms with Crippen molar-refractivity contribution >= 4 is 29.2 Å². The average molecular weight is 388 g/mol. The van der Waals surface area contributed by atoms with Crippen LogP contribution in [0.4, 0.5) is 5.69 Å². The normalized spacial score (nSPS) is 11.9. The molecule has 0 saturated carbocycles. The molecule has 1 N–H and O–H groups in total. The first-order valence-electron chi connectivity index (χ1n) is 9.26. The first-order chi connectivity index (χ1) is 12.9. The van der Waals surface area contributed by atoms with Gasteiger partial charge in [-0.15, -0.1) is 0 Å². The quantitative estimate of drug-likeness (QED) is 0.468. The van der Waals surface area contributed by atoms with E-state index in [2.05, 4.69) is 5.32 Å². The molecule has 0 aromatic heterocycles. The van der Waals surface area contributed by atoms with Crippen LogP contribution in [0.2, 0.25) is 5.02 Å². The van der Waals surface area contributed by atoms with Gasteiger partial charge in [0.2, 0.25) is 5.91 Å². The molecular weight excluding hydrogens is 362 g/mol. The average Bonchev–Trinajstić information content (AvgIpc) is 2.64. The van der Waals surface area contributed by atoms with E-state index < -0.39 is 0 Å². The molecule has 0 saturated heterocycles. The van der Waals surface area contributed by atoms with Crippen molar-refractivity contribution in [2.45, 2.75) is 39.5 Å². The maximum absolute atomic E-state index is 12.8. The summed E-state index contributed by atoms with van der Waals surface area (Å²) in [5, 5.41) is 3.57. The molecule has 2 aromatic rings. The van der Waals surface area contributed by atoms with Crippen LogP contribution < -0.4 is 5.32 Å². The molecule has 0 fully saturated rings. The van der Waals surface area contributed by atoms with E-state index in [0.29, 0.717) is 22.9 Å². The Morgan fingerprint density at radius 2 is 1.67 bits per heavy atom. The predicted molar refractivity (Wildman–Crippen MR) is 109 cm³/mol. The Labute approximate surface area is 165 Å². The molecule has 0 aliphatic carbocycles. The molecule has 0 spiro atoms. The molecule has 0 unspecified atom stereocenters. The Hall–Kier alpha value is -2.33. The summed E-state index contributed by atoms with van der Waals surface area (Å²) in [5.41, 5.74) is 2.04. The van der Waals surface area contributed by atoms with Crippen molar-refractivity contribution in [1.29, 1.82) is 0 Å². The number of ether oxygens (including phenoxy) is 1. The van der Waals surface area contributed by atoms with E-state index in [4.69, 9.17) is 16.3 Å². The number of hydrogen-bond acceptors (Lipinski definition) is 3. The molecule has 0 radical (unpaired) electrons. The number of hydrogen-bond donors (Lipinski definition) is 1. The van der Waals surface area contributed by atoms with Gasteiger partial charge >= 0.3 is 5.97 Å². The van der Waals surface area contributed by atoms with Gasteiger partial charge in [-0.2, -0.15) is 0 Å². The van der Waals surface area contributed by atoms with E-state index in [1.165, 1.54) is 0 Å². The smallest absolute Gasteiger partial charge is 0.338 e. The van der Waals surface area contributed by atoms with Gasteiger partial charge in [-0.1, -0.05) is 50.9 Å². The lowest BCUT2D eigenvalue weighted by Crippen LogP contribution is -2.25. The van der Waals surface area contributed by atoms with Crippen molar-refractivity contribution in [3.8, 4) is 0 Å². The lowest BCUT2D eigenvalue weighted by atomic mass is 9.87. The van der Waals surface area contributed by atoms with Gasteiger partial charge in [-0.05, 0) is 54.3 Å². The second-order valence-corrected chi connectivity index (χ2v) is 7.27. The highest BCUT2D eigenvalue weighted by Gasteiger charge is 2.24. The number of anilines is 1. The minimum absolute atomic E-state index is 0.0920. The van der Waals surface area contributed by atoms with Crippen LogP contribution in [0.3, 0.4) is 0 Å². The zero-order chi connectivity index (χ0) is 19.8. The predicted octanol–water partition coefficient (Wildman–Crippen LogP) is 5.68. The van der Waals surface area contributed by atoms with Crippen molar-refractivity contribution in [3.63, 3.8) is 0 Å². The highest BCUT2D eigenvalue weighted by molar-refractivity contribution is 6.30. The first-order valence-corrected chi connectivity index (χ1v) is 9.63. The van der Waals surface area contributed by atoms with Crippen molar-refractivity contribution in [1.82, 2.24) is 0 Å². The molecule has 0 aliphatic rings. The molecule has 1 atom stereocenters. The number of halogens is 1. The largest absolute Gasteiger partial charge is 0.462 e. The van der Waals surface area contributed by atoms with E-state index in [-0.39, 0.29) is 23.7 Å². The van der Waals surface area contributed by atoms with E-state index in [0.717, 1.165) is 18.4 Å². The molecule has 4 nitrogen and oxygen atoms in total. The van der Waals surface area contributed by atoms with E-state index in [1.54, 1.807) is 36.4 Å². The number of rotatable bonds is 8. The topological polar surface area (TPSA) is 55.4 Å². The lowest BCUT2D eigenvalue weighted by Gasteiger charge is -2.21. The van der Waals surface area contributed by atoms with Gasteiger partial charge in [-0.3, -0.25) is 4.79 Å². The summed E-state index contributed by atoms with van der Waals surface area (Å²) in [5.74, 6) is -0.604. The van der Waals surface area contributed by atoms with Gasteiger partial charge in [0.1, 0.15) is 0 Å². The second kappa shape index (κ2) is 10.1. The Balaban J connectivity index is 2.05. The fraction of sp³-hybridized carbons (Fsp3) is 0.364. The maximum atomic E-state index is 12.8. The lowest BCUT2D eigenvalue weighted by molar-refractivity contribution is -0.118. The molecule has 2 aromatic carbocycles. The van der Waals surface area contributed by atoms with Gasteiger partial charge in [0.05, 0.1) is 18.1 Å². The van der Waals surface area contributed by atoms with Crippen molar-refractivity contribution in [2.75, 3.05) is 11.9 Å². The number of esters is 1. The molecular formula is C22H26ClNO3. The Morgan fingerprint density at radius 1 is 1.04 bits per heavy atom. The minimum Gasteiger partial charge on any atom is -0.462 e. The maximum Gasteiger partial charge on any atom is 0.338 e. The molecule has 2 rings (SSSR count). The molecule has 144 valence electrons. The standard InChI is InChI=1S/C22H26ClNO3/c1-4-5-14-27-22(26)17-8-12-19(13-9-17)24-21(25)20(15(2)3)16-6-10-18(23)11-7-16/h6-13,15,20H,4-5,14H2,1-3H3,(H,24,25)/t20-/m1/s1. The fourth-order valence-electron chi connectivity index (χ4n) is 2.81. The van der Waals surface area contributed by atoms with Gasteiger partial charge in [0.15, 0.2) is 0 Å². The van der Waals surface area contributed by atoms with E-state index in [1.807, 2.05) is 32.9 Å². The van der Waals surface area contributed by atoms with Crippen LogP contribution in [0.15, 0.2) is 48.5 Å². The zero-order valence-electron chi connectivity index (χ0n) is 16.0. The van der Waals surface area contributed by atoms with Crippen molar-refractivity contribution in [3.05, 3.63) is 64.7 Å². The molecule has 0 aliphatic heterocycles. The van der Waals surface area contributed by atoms with Crippen LogP contribution in [0.1, 0.15) is 55.5 Å². The van der Waals surface area contributed by atoms with Crippen molar-refractivity contribution < 1.29 is 14.3 Å². The molecule has 1 amide bonds. The summed E-state index contributed by atoms with van der Waals surface area (Å²) in [6, 6.07) is 14.1. The molecule has 0 heterocycles. The summed E-state index contributed by atoms with van der Waals surface area (Å²) < 4.78 is 5.19. The van der Waals surface area contributed by atoms with Gasteiger partial charge in [0.25, 0.3) is 0 Å². The minimum atomic E-state index is -0.345. The third kappa shape index (κ3) is 6.10. The zero-order valence-corrected chi connectivity index (χ0v) is 16.8.